The van der Waals surface area contributed by atoms with Crippen molar-refractivity contribution in [1.29, 1.82) is 0 Å². The molecule has 100 valence electrons. The van der Waals surface area contributed by atoms with Crippen LogP contribution in [0.15, 0.2) is 6.20 Å². The molecule has 0 radical (unpaired) electrons. The summed E-state index contributed by atoms with van der Waals surface area (Å²) in [4.78, 5) is 11.3. The fourth-order valence-corrected chi connectivity index (χ4v) is 2.13. The minimum Gasteiger partial charge on any atom is -0.356 e. The molecule has 1 fully saturated rings. The van der Waals surface area contributed by atoms with Crippen LogP contribution >= 0.6 is 0 Å². The van der Waals surface area contributed by atoms with Gasteiger partial charge in [0.05, 0.1) is 6.20 Å². The summed E-state index contributed by atoms with van der Waals surface area (Å²) in [6.45, 7) is 10.2. The van der Waals surface area contributed by atoms with E-state index in [0.717, 1.165) is 51.0 Å². The van der Waals surface area contributed by atoms with Crippen molar-refractivity contribution < 1.29 is 0 Å². The first kappa shape index (κ1) is 13.0. The average molecular weight is 250 g/mol. The predicted molar refractivity (Wildman–Crippen MR) is 73.1 cm³/mol. The van der Waals surface area contributed by atoms with Crippen LogP contribution in [0.4, 0.5) is 11.8 Å². The summed E-state index contributed by atoms with van der Waals surface area (Å²) in [6, 6.07) is 0. The number of aromatic nitrogens is 3. The lowest BCUT2D eigenvalue weighted by Crippen LogP contribution is -2.45. The van der Waals surface area contributed by atoms with Crippen LogP contribution in [0.2, 0.25) is 0 Å². The molecule has 1 saturated heterocycles. The summed E-state index contributed by atoms with van der Waals surface area (Å²) in [5.74, 6) is 1.68. The molecule has 18 heavy (non-hydrogen) atoms. The van der Waals surface area contributed by atoms with Crippen molar-refractivity contribution in [2.45, 2.75) is 13.8 Å². The Hall–Kier alpha value is -1.43. The third kappa shape index (κ3) is 2.87. The summed E-state index contributed by atoms with van der Waals surface area (Å²) >= 11 is 0. The largest absolute Gasteiger partial charge is 0.356 e. The molecule has 0 bridgehead atoms. The van der Waals surface area contributed by atoms with Gasteiger partial charge in [0, 0.05) is 39.3 Å². The molecule has 6 nitrogen and oxygen atoms in total. The Morgan fingerprint density at radius 2 is 1.83 bits per heavy atom. The van der Waals surface area contributed by atoms with Gasteiger partial charge in [-0.3, -0.25) is 0 Å². The number of hydrogen-bond acceptors (Lipinski definition) is 6. The zero-order chi connectivity index (χ0) is 13.0. The Labute approximate surface area is 109 Å². The van der Waals surface area contributed by atoms with Crippen LogP contribution in [0.5, 0.6) is 0 Å². The van der Waals surface area contributed by atoms with E-state index in [1.54, 1.807) is 6.20 Å². The van der Waals surface area contributed by atoms with Gasteiger partial charge in [-0.05, 0) is 20.9 Å². The van der Waals surface area contributed by atoms with Gasteiger partial charge in [-0.25, -0.2) is 0 Å². The van der Waals surface area contributed by atoms with E-state index in [2.05, 4.69) is 50.8 Å². The monoisotopic (exact) mass is 250 g/mol. The first-order chi connectivity index (χ1) is 8.74. The molecule has 1 aromatic heterocycles. The van der Waals surface area contributed by atoms with Crippen molar-refractivity contribution in [2.24, 2.45) is 0 Å². The molecule has 0 aliphatic carbocycles. The van der Waals surface area contributed by atoms with Crippen LogP contribution in [0.1, 0.15) is 13.8 Å². The third-order valence-electron chi connectivity index (χ3n) is 3.41. The molecule has 2 heterocycles. The van der Waals surface area contributed by atoms with Crippen molar-refractivity contribution in [3.63, 3.8) is 0 Å². The first-order valence-electron chi connectivity index (χ1n) is 6.62. The predicted octanol–water partition coefficient (Wildman–Crippen LogP) is 0.470. The number of nitrogens with zero attached hydrogens (tertiary/aromatic N) is 6. The van der Waals surface area contributed by atoms with Gasteiger partial charge >= 0.3 is 0 Å². The van der Waals surface area contributed by atoms with Gasteiger partial charge < -0.3 is 14.7 Å². The second-order valence-corrected chi connectivity index (χ2v) is 4.58. The molecule has 1 aromatic rings. The van der Waals surface area contributed by atoms with Gasteiger partial charge in [0.25, 0.3) is 0 Å². The molecule has 0 saturated carbocycles. The van der Waals surface area contributed by atoms with Crippen molar-refractivity contribution >= 4 is 11.8 Å². The van der Waals surface area contributed by atoms with Crippen LogP contribution in [0.3, 0.4) is 0 Å². The molecule has 1 aliphatic heterocycles. The summed E-state index contributed by atoms with van der Waals surface area (Å²) < 4.78 is 0. The quantitative estimate of drug-likeness (QED) is 0.774. The van der Waals surface area contributed by atoms with Gasteiger partial charge in [-0.15, -0.1) is 5.10 Å². The normalized spacial score (nSPS) is 16.9. The lowest BCUT2D eigenvalue weighted by molar-refractivity contribution is 0.311. The van der Waals surface area contributed by atoms with Crippen molar-refractivity contribution in [1.82, 2.24) is 20.1 Å². The van der Waals surface area contributed by atoms with E-state index in [1.165, 1.54) is 0 Å². The number of rotatable bonds is 4. The van der Waals surface area contributed by atoms with Crippen LogP contribution in [0.25, 0.3) is 0 Å². The Morgan fingerprint density at radius 3 is 2.44 bits per heavy atom. The lowest BCUT2D eigenvalue weighted by Gasteiger charge is -2.32. The molecule has 0 spiro atoms. The maximum atomic E-state index is 4.62. The number of piperazine rings is 1. The average Bonchev–Trinajstić information content (AvgIpc) is 2.41. The Morgan fingerprint density at radius 1 is 1.17 bits per heavy atom. The van der Waals surface area contributed by atoms with Crippen LogP contribution in [-0.4, -0.2) is 66.4 Å². The molecule has 0 unspecified atom stereocenters. The Bertz CT molecular complexity index is 371. The smallest absolute Gasteiger partial charge is 0.247 e. The summed E-state index contributed by atoms with van der Waals surface area (Å²) in [7, 11) is 2.14. The Balaban J connectivity index is 2.11. The van der Waals surface area contributed by atoms with E-state index in [9.17, 15) is 0 Å². The van der Waals surface area contributed by atoms with E-state index in [4.69, 9.17) is 0 Å². The van der Waals surface area contributed by atoms with Crippen LogP contribution in [-0.2, 0) is 0 Å². The highest BCUT2D eigenvalue weighted by atomic mass is 15.4. The number of likely N-dealkylation sites (N-methyl/N-ethyl adjacent to an activating group) is 1. The molecule has 6 heteroatoms. The SMILES string of the molecule is CCN(CC)c1cnnc(N2CCN(C)CC2)n1. The summed E-state index contributed by atoms with van der Waals surface area (Å²) in [5, 5.41) is 8.24. The molecule has 0 amide bonds. The summed E-state index contributed by atoms with van der Waals surface area (Å²) in [5.41, 5.74) is 0. The minimum absolute atomic E-state index is 0.757. The second-order valence-electron chi connectivity index (χ2n) is 4.58. The maximum absolute atomic E-state index is 4.62. The number of hydrogen-bond donors (Lipinski definition) is 0. The Kier molecular flexibility index (Phi) is 4.30. The van der Waals surface area contributed by atoms with E-state index >= 15 is 0 Å². The van der Waals surface area contributed by atoms with Crippen molar-refractivity contribution in [3.8, 4) is 0 Å². The topological polar surface area (TPSA) is 48.4 Å². The maximum Gasteiger partial charge on any atom is 0.247 e. The van der Waals surface area contributed by atoms with E-state index in [1.807, 2.05) is 0 Å². The molecule has 2 rings (SSSR count). The van der Waals surface area contributed by atoms with Crippen molar-refractivity contribution in [3.05, 3.63) is 6.20 Å². The third-order valence-corrected chi connectivity index (χ3v) is 3.41. The molecule has 0 N–H and O–H groups in total. The fourth-order valence-electron chi connectivity index (χ4n) is 2.13. The molecule has 1 aliphatic rings. The molecular weight excluding hydrogens is 228 g/mol. The highest BCUT2D eigenvalue weighted by Gasteiger charge is 2.17. The number of anilines is 2. The molecule has 0 atom stereocenters. The fraction of sp³-hybridized carbons (Fsp3) is 0.750. The van der Waals surface area contributed by atoms with Gasteiger partial charge in [-0.2, -0.15) is 10.1 Å². The van der Waals surface area contributed by atoms with E-state index < -0.39 is 0 Å². The van der Waals surface area contributed by atoms with Gasteiger partial charge in [0.1, 0.15) is 0 Å². The van der Waals surface area contributed by atoms with E-state index in [-0.39, 0.29) is 0 Å². The van der Waals surface area contributed by atoms with Crippen LogP contribution < -0.4 is 9.80 Å². The zero-order valence-electron chi connectivity index (χ0n) is 11.5. The standard InChI is InChI=1S/C12H22N6/c1-4-17(5-2)11-10-13-15-12(14-11)18-8-6-16(3)7-9-18/h10H,4-9H2,1-3H3. The first-order valence-corrected chi connectivity index (χ1v) is 6.62. The minimum atomic E-state index is 0.757. The second kappa shape index (κ2) is 5.95. The van der Waals surface area contributed by atoms with Gasteiger partial charge in [0.2, 0.25) is 5.95 Å². The lowest BCUT2D eigenvalue weighted by atomic mass is 10.3. The highest BCUT2D eigenvalue weighted by Crippen LogP contribution is 2.14. The van der Waals surface area contributed by atoms with Crippen LogP contribution in [0, 0.1) is 0 Å². The molecule has 0 aromatic carbocycles. The molecular formula is C12H22N6. The highest BCUT2D eigenvalue weighted by molar-refractivity contribution is 5.41. The van der Waals surface area contributed by atoms with Gasteiger partial charge in [-0.1, -0.05) is 0 Å². The van der Waals surface area contributed by atoms with Gasteiger partial charge in [0.15, 0.2) is 5.82 Å². The summed E-state index contributed by atoms with van der Waals surface area (Å²) in [6.07, 6.45) is 1.74. The van der Waals surface area contributed by atoms with Crippen molar-refractivity contribution in [2.75, 3.05) is 56.1 Å². The van der Waals surface area contributed by atoms with E-state index in [0.29, 0.717) is 0 Å². The zero-order valence-corrected chi connectivity index (χ0v) is 11.5.